The normalized spacial score (nSPS) is 23.1. The lowest BCUT2D eigenvalue weighted by Gasteiger charge is -2.35. The van der Waals surface area contributed by atoms with E-state index in [0.29, 0.717) is 25.2 Å². The fourth-order valence-corrected chi connectivity index (χ4v) is 3.65. The van der Waals surface area contributed by atoms with E-state index >= 15 is 0 Å². The first kappa shape index (κ1) is 14.0. The van der Waals surface area contributed by atoms with Crippen molar-refractivity contribution in [3.05, 3.63) is 42.0 Å². The highest BCUT2D eigenvalue weighted by Crippen LogP contribution is 2.32. The van der Waals surface area contributed by atoms with Crippen molar-refractivity contribution in [2.24, 2.45) is 7.05 Å². The van der Waals surface area contributed by atoms with Crippen LogP contribution in [-0.4, -0.2) is 62.1 Å². The summed E-state index contributed by atoms with van der Waals surface area (Å²) in [4.78, 5) is 28.6. The van der Waals surface area contributed by atoms with Gasteiger partial charge < -0.3 is 14.4 Å². The van der Waals surface area contributed by atoms with Gasteiger partial charge in [0.25, 0.3) is 5.91 Å². The van der Waals surface area contributed by atoms with E-state index in [1.54, 1.807) is 9.58 Å². The van der Waals surface area contributed by atoms with E-state index in [9.17, 15) is 9.59 Å². The molecule has 4 rings (SSSR count). The number of hydrogen-bond donors (Lipinski definition) is 0. The first-order chi connectivity index (χ1) is 11.0. The minimum atomic E-state index is 0.0234. The molecule has 1 saturated heterocycles. The van der Waals surface area contributed by atoms with Gasteiger partial charge in [0.05, 0.1) is 24.2 Å². The third-order valence-corrected chi connectivity index (χ3v) is 4.89. The van der Waals surface area contributed by atoms with Crippen LogP contribution in [0.2, 0.25) is 0 Å². The Hall–Kier alpha value is -2.57. The van der Waals surface area contributed by atoms with Gasteiger partial charge in [0.1, 0.15) is 5.69 Å². The zero-order valence-electron chi connectivity index (χ0n) is 13.2. The largest absolute Gasteiger partial charge is 0.338 e. The fraction of sp³-hybridized carbons (Fsp3) is 0.438. The lowest BCUT2D eigenvalue weighted by molar-refractivity contribution is -0.129. The van der Waals surface area contributed by atoms with Crippen molar-refractivity contribution in [1.29, 1.82) is 0 Å². The number of nitrogens with zero attached hydrogens (tertiary/aromatic N) is 5. The van der Waals surface area contributed by atoms with Crippen LogP contribution in [0.25, 0.3) is 0 Å². The molecule has 2 aliphatic heterocycles. The molecule has 2 aromatic heterocycles. The molecule has 2 amide bonds. The van der Waals surface area contributed by atoms with Gasteiger partial charge >= 0.3 is 0 Å². The SMILES string of the molecule is CN1C(=O)c2cccn2C2CN(C(=O)Cc3ccn(C)n3)CC21. The van der Waals surface area contributed by atoms with E-state index in [-0.39, 0.29) is 23.9 Å². The average Bonchev–Trinajstić information content (AvgIpc) is 3.22. The van der Waals surface area contributed by atoms with Crippen molar-refractivity contribution in [2.75, 3.05) is 20.1 Å². The van der Waals surface area contributed by atoms with E-state index in [0.717, 1.165) is 5.69 Å². The minimum absolute atomic E-state index is 0.0234. The molecule has 120 valence electrons. The Kier molecular flexibility index (Phi) is 3.04. The van der Waals surface area contributed by atoms with Gasteiger partial charge in [-0.1, -0.05) is 0 Å². The Bertz CT molecular complexity index is 777. The molecular formula is C16H19N5O2. The number of hydrogen-bond acceptors (Lipinski definition) is 3. The van der Waals surface area contributed by atoms with Crippen molar-refractivity contribution in [3.8, 4) is 0 Å². The number of likely N-dealkylation sites (N-methyl/N-ethyl adjacent to an activating group) is 1. The molecule has 0 N–H and O–H groups in total. The summed E-state index contributed by atoms with van der Waals surface area (Å²) < 4.78 is 3.71. The predicted molar refractivity (Wildman–Crippen MR) is 82.8 cm³/mol. The van der Waals surface area contributed by atoms with Gasteiger partial charge in [0.2, 0.25) is 5.91 Å². The van der Waals surface area contributed by atoms with E-state index in [1.807, 2.05) is 54.2 Å². The maximum absolute atomic E-state index is 12.6. The smallest absolute Gasteiger partial charge is 0.270 e. The molecule has 4 heterocycles. The molecule has 2 atom stereocenters. The number of fused-ring (bicyclic) bond motifs is 3. The molecule has 7 heteroatoms. The molecule has 1 fully saturated rings. The standard InChI is InChI=1S/C16H19N5O2/c1-18-7-5-11(17-18)8-15(22)20-9-13-14(10-20)21-6-3-4-12(21)16(23)19(13)2/h3-7,13-14H,8-10H2,1-2H3. The molecule has 7 nitrogen and oxygen atoms in total. The zero-order chi connectivity index (χ0) is 16.1. The maximum atomic E-state index is 12.6. The van der Waals surface area contributed by atoms with Crippen LogP contribution in [0.1, 0.15) is 22.2 Å². The van der Waals surface area contributed by atoms with Gasteiger partial charge in [0.15, 0.2) is 0 Å². The molecule has 0 aliphatic carbocycles. The van der Waals surface area contributed by atoms with E-state index < -0.39 is 0 Å². The molecule has 0 radical (unpaired) electrons. The Balaban J connectivity index is 1.55. The molecule has 0 spiro atoms. The minimum Gasteiger partial charge on any atom is -0.338 e. The average molecular weight is 313 g/mol. The molecule has 2 aliphatic rings. The van der Waals surface area contributed by atoms with Crippen LogP contribution in [0, 0.1) is 0 Å². The Morgan fingerprint density at radius 3 is 2.74 bits per heavy atom. The Labute approximate surface area is 134 Å². The van der Waals surface area contributed by atoms with E-state index in [2.05, 4.69) is 5.10 Å². The van der Waals surface area contributed by atoms with E-state index in [4.69, 9.17) is 0 Å². The Morgan fingerprint density at radius 1 is 1.22 bits per heavy atom. The summed E-state index contributed by atoms with van der Waals surface area (Å²) in [6.07, 6.45) is 4.08. The summed E-state index contributed by atoms with van der Waals surface area (Å²) in [6.45, 7) is 1.21. The lowest BCUT2D eigenvalue weighted by Crippen LogP contribution is -2.48. The number of amides is 2. The summed E-state index contributed by atoms with van der Waals surface area (Å²) in [6, 6.07) is 5.76. The molecule has 2 aromatic rings. The monoisotopic (exact) mass is 313 g/mol. The highest BCUT2D eigenvalue weighted by molar-refractivity contribution is 5.94. The van der Waals surface area contributed by atoms with Crippen LogP contribution in [0.15, 0.2) is 30.6 Å². The van der Waals surface area contributed by atoms with Crippen molar-refractivity contribution in [3.63, 3.8) is 0 Å². The van der Waals surface area contributed by atoms with Crippen LogP contribution in [-0.2, 0) is 18.3 Å². The van der Waals surface area contributed by atoms with Crippen LogP contribution in [0.4, 0.5) is 0 Å². The highest BCUT2D eigenvalue weighted by Gasteiger charge is 2.44. The second-order valence-electron chi connectivity index (χ2n) is 6.31. The number of likely N-dealkylation sites (tertiary alicyclic amines) is 1. The third-order valence-electron chi connectivity index (χ3n) is 4.89. The summed E-state index contributed by atoms with van der Waals surface area (Å²) >= 11 is 0. The number of aryl methyl sites for hydroxylation is 1. The van der Waals surface area contributed by atoms with Crippen LogP contribution in [0.5, 0.6) is 0 Å². The second-order valence-corrected chi connectivity index (χ2v) is 6.31. The fourth-order valence-electron chi connectivity index (χ4n) is 3.65. The molecule has 0 bridgehead atoms. The Morgan fingerprint density at radius 2 is 2.00 bits per heavy atom. The van der Waals surface area contributed by atoms with Crippen molar-refractivity contribution < 1.29 is 9.59 Å². The molecule has 2 unspecified atom stereocenters. The van der Waals surface area contributed by atoms with E-state index in [1.165, 1.54) is 0 Å². The van der Waals surface area contributed by atoms with Crippen molar-refractivity contribution in [2.45, 2.75) is 18.5 Å². The van der Waals surface area contributed by atoms with Gasteiger partial charge in [-0.15, -0.1) is 0 Å². The molecule has 0 saturated carbocycles. The predicted octanol–water partition coefficient (Wildman–Crippen LogP) is 0.302. The van der Waals surface area contributed by atoms with Gasteiger partial charge in [-0.2, -0.15) is 5.10 Å². The molecule has 23 heavy (non-hydrogen) atoms. The van der Waals surface area contributed by atoms with Gasteiger partial charge in [-0.3, -0.25) is 14.3 Å². The van der Waals surface area contributed by atoms with Gasteiger partial charge in [0, 0.05) is 39.6 Å². The first-order valence-corrected chi connectivity index (χ1v) is 7.75. The number of aromatic nitrogens is 3. The van der Waals surface area contributed by atoms with Crippen molar-refractivity contribution >= 4 is 11.8 Å². The maximum Gasteiger partial charge on any atom is 0.270 e. The summed E-state index contributed by atoms with van der Waals surface area (Å²) in [5.41, 5.74) is 1.48. The van der Waals surface area contributed by atoms with Crippen LogP contribution >= 0.6 is 0 Å². The summed E-state index contributed by atoms with van der Waals surface area (Å²) in [5, 5.41) is 4.27. The quantitative estimate of drug-likeness (QED) is 0.801. The van der Waals surface area contributed by atoms with Gasteiger partial charge in [-0.25, -0.2) is 0 Å². The number of rotatable bonds is 2. The topological polar surface area (TPSA) is 63.4 Å². The summed E-state index contributed by atoms with van der Waals surface area (Å²) in [5.74, 6) is 0.0860. The van der Waals surface area contributed by atoms with Crippen molar-refractivity contribution in [1.82, 2.24) is 24.1 Å². The molecular weight excluding hydrogens is 294 g/mol. The number of carbonyl (C=O) groups is 2. The second kappa shape index (κ2) is 4.97. The van der Waals surface area contributed by atoms with Crippen LogP contribution in [0.3, 0.4) is 0 Å². The zero-order valence-corrected chi connectivity index (χ0v) is 13.2. The first-order valence-electron chi connectivity index (χ1n) is 7.75. The lowest BCUT2D eigenvalue weighted by atomic mass is 10.1. The third kappa shape index (κ3) is 2.15. The molecule has 0 aromatic carbocycles. The summed E-state index contributed by atoms with van der Waals surface area (Å²) in [7, 11) is 3.66. The highest BCUT2D eigenvalue weighted by atomic mass is 16.2. The van der Waals surface area contributed by atoms with Gasteiger partial charge in [-0.05, 0) is 18.2 Å². The number of carbonyl (C=O) groups excluding carboxylic acids is 2. The van der Waals surface area contributed by atoms with Crippen LogP contribution < -0.4 is 0 Å².